The molecule has 6 heteroatoms. The van der Waals surface area contributed by atoms with Gasteiger partial charge in [-0.05, 0) is 42.3 Å². The second-order valence-corrected chi connectivity index (χ2v) is 7.91. The molecular weight excluding hydrogens is 392 g/mol. The van der Waals surface area contributed by atoms with Crippen molar-refractivity contribution in [3.63, 3.8) is 0 Å². The van der Waals surface area contributed by atoms with Gasteiger partial charge in [0.25, 0.3) is 5.91 Å². The van der Waals surface area contributed by atoms with Crippen LogP contribution in [0.25, 0.3) is 0 Å². The van der Waals surface area contributed by atoms with E-state index in [1.807, 2.05) is 0 Å². The van der Waals surface area contributed by atoms with Crippen LogP contribution >= 0.6 is 0 Å². The molecule has 2 aromatic carbocycles. The molecular formula is C25H29N2O4+. The van der Waals surface area contributed by atoms with Crippen LogP contribution in [0.3, 0.4) is 0 Å². The molecule has 1 aliphatic heterocycles. The third kappa shape index (κ3) is 4.44. The molecule has 6 nitrogen and oxygen atoms in total. The minimum atomic E-state index is -0.201. The van der Waals surface area contributed by atoms with Crippen LogP contribution in [-0.2, 0) is 13.0 Å². The fourth-order valence-electron chi connectivity index (χ4n) is 4.38. The number of furan rings is 1. The lowest BCUT2D eigenvalue weighted by molar-refractivity contribution is -0.945. The lowest BCUT2D eigenvalue weighted by atomic mass is 9.91. The molecule has 0 fully saturated rings. The summed E-state index contributed by atoms with van der Waals surface area (Å²) < 4.78 is 16.3. The molecule has 0 saturated heterocycles. The minimum absolute atomic E-state index is 0.0853. The maximum atomic E-state index is 12.5. The van der Waals surface area contributed by atoms with Crippen molar-refractivity contribution in [1.29, 1.82) is 0 Å². The van der Waals surface area contributed by atoms with Crippen LogP contribution in [0.15, 0.2) is 59.2 Å². The molecule has 31 heavy (non-hydrogen) atoms. The lowest BCUT2D eigenvalue weighted by Crippen LogP contribution is -3.12. The Kier molecular flexibility index (Phi) is 6.28. The number of methoxy groups -OCH3 is 2. The average Bonchev–Trinajstić information content (AvgIpc) is 3.33. The van der Waals surface area contributed by atoms with E-state index in [1.54, 1.807) is 26.4 Å². The Hall–Kier alpha value is -3.25. The van der Waals surface area contributed by atoms with Crippen LogP contribution < -0.4 is 19.7 Å². The van der Waals surface area contributed by atoms with E-state index < -0.39 is 0 Å². The number of fused-ring (bicyclic) bond motifs is 1. The van der Waals surface area contributed by atoms with Crippen molar-refractivity contribution in [3.05, 3.63) is 82.8 Å². The molecule has 162 valence electrons. The van der Waals surface area contributed by atoms with Crippen molar-refractivity contribution >= 4 is 5.91 Å². The van der Waals surface area contributed by atoms with Gasteiger partial charge in [-0.15, -0.1) is 0 Å². The van der Waals surface area contributed by atoms with E-state index in [0.717, 1.165) is 25.3 Å². The summed E-state index contributed by atoms with van der Waals surface area (Å²) in [5.41, 5.74) is 5.03. The largest absolute Gasteiger partial charge is 0.493 e. The van der Waals surface area contributed by atoms with Gasteiger partial charge < -0.3 is 24.1 Å². The first-order valence-electron chi connectivity index (χ1n) is 10.6. The van der Waals surface area contributed by atoms with Crippen LogP contribution in [0.1, 0.15) is 38.9 Å². The molecule has 0 saturated carbocycles. The molecule has 2 atom stereocenters. The standard InChI is InChI=1S/C25H28N2O4/c1-17-7-4-5-8-19(17)16-27-11-10-18-13-23(29-2)24(30-3)14-20(18)21(27)15-26-25(28)22-9-6-12-31-22/h4-9,12-14,21H,10-11,15-16H2,1-3H3,(H,26,28)/p+1/t21-/m0/s1. The summed E-state index contributed by atoms with van der Waals surface area (Å²) in [6.07, 6.45) is 2.46. The zero-order chi connectivity index (χ0) is 21.8. The Morgan fingerprint density at radius 3 is 2.61 bits per heavy atom. The van der Waals surface area contributed by atoms with Gasteiger partial charge in [-0.25, -0.2) is 0 Å². The SMILES string of the molecule is COc1cc2c(cc1OC)[C@H](CNC(=O)c1ccco1)[NH+](Cc1ccccc1C)CC2. The van der Waals surface area contributed by atoms with Gasteiger partial charge in [0.2, 0.25) is 0 Å². The predicted molar refractivity (Wildman–Crippen MR) is 118 cm³/mol. The summed E-state index contributed by atoms with van der Waals surface area (Å²) in [5.74, 6) is 1.57. The number of carbonyl (C=O) groups excluding carboxylic acids is 1. The van der Waals surface area contributed by atoms with Gasteiger partial charge in [0, 0.05) is 17.5 Å². The van der Waals surface area contributed by atoms with E-state index in [9.17, 15) is 4.79 Å². The molecule has 0 radical (unpaired) electrons. The van der Waals surface area contributed by atoms with Crippen molar-refractivity contribution < 1.29 is 23.6 Å². The highest BCUT2D eigenvalue weighted by molar-refractivity contribution is 5.91. The molecule has 4 rings (SSSR count). The number of nitrogens with one attached hydrogen (secondary N) is 2. The predicted octanol–water partition coefficient (Wildman–Crippen LogP) is 2.72. The molecule has 2 heterocycles. The van der Waals surface area contributed by atoms with Crippen molar-refractivity contribution in [1.82, 2.24) is 5.32 Å². The zero-order valence-corrected chi connectivity index (χ0v) is 18.2. The van der Waals surface area contributed by atoms with Gasteiger partial charge in [0.05, 0.1) is 33.6 Å². The van der Waals surface area contributed by atoms with Gasteiger partial charge in [0.15, 0.2) is 17.3 Å². The maximum absolute atomic E-state index is 12.5. The van der Waals surface area contributed by atoms with Crippen molar-refractivity contribution in [2.24, 2.45) is 0 Å². The topological polar surface area (TPSA) is 65.1 Å². The summed E-state index contributed by atoms with van der Waals surface area (Å²) in [6, 6.07) is 16.1. The van der Waals surface area contributed by atoms with E-state index in [4.69, 9.17) is 13.9 Å². The molecule has 2 N–H and O–H groups in total. The number of rotatable bonds is 7. The smallest absolute Gasteiger partial charge is 0.287 e. The van der Waals surface area contributed by atoms with E-state index in [0.29, 0.717) is 18.1 Å². The Balaban J connectivity index is 1.65. The minimum Gasteiger partial charge on any atom is -0.493 e. The second kappa shape index (κ2) is 9.27. The van der Waals surface area contributed by atoms with Gasteiger partial charge >= 0.3 is 0 Å². The number of hydrogen-bond acceptors (Lipinski definition) is 4. The van der Waals surface area contributed by atoms with Crippen LogP contribution in [-0.4, -0.2) is 33.2 Å². The fourth-order valence-corrected chi connectivity index (χ4v) is 4.38. The van der Waals surface area contributed by atoms with Gasteiger partial charge in [-0.1, -0.05) is 24.3 Å². The number of amides is 1. The summed E-state index contributed by atoms with van der Waals surface area (Å²) >= 11 is 0. The van der Waals surface area contributed by atoms with Crippen molar-refractivity contribution in [3.8, 4) is 11.5 Å². The number of carbonyl (C=O) groups is 1. The average molecular weight is 422 g/mol. The Morgan fingerprint density at radius 1 is 1.13 bits per heavy atom. The highest BCUT2D eigenvalue weighted by Crippen LogP contribution is 2.34. The quantitative estimate of drug-likeness (QED) is 0.616. The van der Waals surface area contributed by atoms with Gasteiger partial charge in [-0.3, -0.25) is 4.79 Å². The fraction of sp³-hybridized carbons (Fsp3) is 0.320. The Morgan fingerprint density at radius 2 is 1.90 bits per heavy atom. The van der Waals surface area contributed by atoms with Crippen molar-refractivity contribution in [2.75, 3.05) is 27.3 Å². The molecule has 1 amide bonds. The molecule has 3 aromatic rings. The Labute approximate surface area is 182 Å². The molecule has 0 bridgehead atoms. The van der Waals surface area contributed by atoms with Crippen LogP contribution in [0, 0.1) is 6.92 Å². The maximum Gasteiger partial charge on any atom is 0.287 e. The lowest BCUT2D eigenvalue weighted by Gasteiger charge is -2.35. The highest BCUT2D eigenvalue weighted by Gasteiger charge is 2.33. The van der Waals surface area contributed by atoms with E-state index in [2.05, 4.69) is 48.6 Å². The van der Waals surface area contributed by atoms with Crippen LogP contribution in [0.5, 0.6) is 11.5 Å². The summed E-state index contributed by atoms with van der Waals surface area (Å²) in [5, 5.41) is 3.07. The van der Waals surface area contributed by atoms with E-state index >= 15 is 0 Å². The molecule has 1 aliphatic rings. The van der Waals surface area contributed by atoms with E-state index in [1.165, 1.54) is 33.4 Å². The van der Waals surface area contributed by atoms with Gasteiger partial charge in [0.1, 0.15) is 12.6 Å². The summed E-state index contributed by atoms with van der Waals surface area (Å²) in [6.45, 7) is 4.51. The van der Waals surface area contributed by atoms with Crippen LogP contribution in [0.2, 0.25) is 0 Å². The first-order valence-corrected chi connectivity index (χ1v) is 10.6. The first kappa shape index (κ1) is 21.0. The van der Waals surface area contributed by atoms with Crippen LogP contribution in [0.4, 0.5) is 0 Å². The number of hydrogen-bond donors (Lipinski definition) is 2. The normalized spacial score (nSPS) is 17.6. The number of ether oxygens (including phenoxy) is 2. The molecule has 1 unspecified atom stereocenters. The van der Waals surface area contributed by atoms with Crippen molar-refractivity contribution in [2.45, 2.75) is 25.9 Å². The number of aryl methyl sites for hydroxylation is 1. The molecule has 1 aromatic heterocycles. The monoisotopic (exact) mass is 421 g/mol. The number of quaternary nitrogens is 1. The third-order valence-electron chi connectivity index (χ3n) is 6.12. The molecule has 0 aliphatic carbocycles. The summed E-state index contributed by atoms with van der Waals surface area (Å²) in [7, 11) is 3.31. The Bertz CT molecular complexity index is 1050. The highest BCUT2D eigenvalue weighted by atomic mass is 16.5. The summed E-state index contributed by atoms with van der Waals surface area (Å²) in [4.78, 5) is 14.0. The zero-order valence-electron chi connectivity index (χ0n) is 18.2. The van der Waals surface area contributed by atoms with E-state index in [-0.39, 0.29) is 11.9 Å². The third-order valence-corrected chi connectivity index (χ3v) is 6.12. The first-order chi connectivity index (χ1) is 15.1. The second-order valence-electron chi connectivity index (χ2n) is 7.91. The molecule has 0 spiro atoms. The van der Waals surface area contributed by atoms with Gasteiger partial charge in [-0.2, -0.15) is 0 Å². The number of benzene rings is 2.